The molecule has 88 valence electrons. The van der Waals surface area contributed by atoms with Crippen molar-refractivity contribution in [3.05, 3.63) is 0 Å². The minimum Gasteiger partial charge on any atom is -0.481 e. The first kappa shape index (κ1) is 14.5. The normalized spacial score (nSPS) is 11.1. The summed E-state index contributed by atoms with van der Waals surface area (Å²) in [5.74, 6) is -1.38. The van der Waals surface area contributed by atoms with Gasteiger partial charge in [0.2, 0.25) is 0 Å². The second-order valence-corrected chi connectivity index (χ2v) is 4.48. The molecule has 0 fully saturated rings. The number of unbranched alkanes of at least 4 members (excludes halogenated alkanes) is 1. The number of carboxylic acids is 1. The number of hydrogen-bond acceptors (Lipinski definition) is 3. The molecule has 15 heavy (non-hydrogen) atoms. The molecular weight excluding hydrogens is 243 g/mol. The summed E-state index contributed by atoms with van der Waals surface area (Å²) in [6.45, 7) is 1.69. The van der Waals surface area contributed by atoms with Crippen molar-refractivity contribution in [2.24, 2.45) is 0 Å². The van der Waals surface area contributed by atoms with Gasteiger partial charge in [0.15, 0.2) is 0 Å². The van der Waals surface area contributed by atoms with Gasteiger partial charge in [-0.3, -0.25) is 9.59 Å². The van der Waals surface area contributed by atoms with Crippen LogP contribution in [0.1, 0.15) is 39.0 Å². The third-order valence-electron chi connectivity index (χ3n) is 1.70. The van der Waals surface area contributed by atoms with E-state index in [4.69, 9.17) is 33.0 Å². The van der Waals surface area contributed by atoms with Crippen LogP contribution in [0, 0.1) is 0 Å². The second-order valence-electron chi connectivity index (χ2n) is 3.07. The Morgan fingerprint density at radius 1 is 1.27 bits per heavy atom. The highest BCUT2D eigenvalue weighted by Crippen LogP contribution is 2.27. The summed E-state index contributed by atoms with van der Waals surface area (Å²) in [7, 11) is 0. The number of rotatable bonds is 7. The van der Waals surface area contributed by atoms with Crippen molar-refractivity contribution in [3.63, 3.8) is 0 Å². The van der Waals surface area contributed by atoms with Crippen LogP contribution >= 0.6 is 23.2 Å². The molecule has 1 N–H and O–H groups in total. The molecule has 0 aromatic heterocycles. The predicted molar refractivity (Wildman–Crippen MR) is 56.9 cm³/mol. The molecule has 0 aromatic rings. The average Bonchev–Trinajstić information content (AvgIpc) is 2.11. The molecular formula is C9H14Cl2O4. The van der Waals surface area contributed by atoms with Gasteiger partial charge >= 0.3 is 11.9 Å². The number of carbonyl (C=O) groups is 2. The van der Waals surface area contributed by atoms with Crippen LogP contribution in [0.4, 0.5) is 0 Å². The van der Waals surface area contributed by atoms with E-state index in [2.05, 4.69) is 0 Å². The molecule has 0 unspecified atom stereocenters. The highest BCUT2D eigenvalue weighted by atomic mass is 35.5. The van der Waals surface area contributed by atoms with Crippen LogP contribution in [-0.4, -0.2) is 21.6 Å². The Morgan fingerprint density at radius 2 is 1.80 bits per heavy atom. The number of ether oxygens (including phenoxy) is 1. The van der Waals surface area contributed by atoms with Crippen molar-refractivity contribution in [2.75, 3.05) is 0 Å². The Bertz CT molecular complexity index is 228. The lowest BCUT2D eigenvalue weighted by molar-refractivity contribution is -0.148. The minimum atomic E-state index is -1.47. The van der Waals surface area contributed by atoms with E-state index in [1.165, 1.54) is 0 Å². The molecule has 6 heteroatoms. The zero-order chi connectivity index (χ0) is 11.9. The number of carbonyl (C=O) groups excluding carboxylic acids is 1. The summed E-state index contributed by atoms with van der Waals surface area (Å²) in [6.07, 6.45) is 1.38. The van der Waals surface area contributed by atoms with Gasteiger partial charge in [-0.2, -0.15) is 0 Å². The first-order valence-electron chi connectivity index (χ1n) is 4.69. The molecule has 0 atom stereocenters. The molecule has 0 heterocycles. The summed E-state index contributed by atoms with van der Waals surface area (Å²) in [5.41, 5.74) is 0. The maximum atomic E-state index is 11.1. The lowest BCUT2D eigenvalue weighted by atomic mass is 10.2. The maximum absolute atomic E-state index is 11.1. The molecule has 0 amide bonds. The molecule has 0 aliphatic rings. The van der Waals surface area contributed by atoms with Gasteiger partial charge in [0, 0.05) is 19.3 Å². The van der Waals surface area contributed by atoms with E-state index >= 15 is 0 Å². The smallest absolute Gasteiger partial charge is 0.308 e. The molecule has 0 bridgehead atoms. The maximum Gasteiger partial charge on any atom is 0.308 e. The molecule has 0 aromatic carbocycles. The van der Waals surface area contributed by atoms with Crippen molar-refractivity contribution < 1.29 is 19.4 Å². The lowest BCUT2D eigenvalue weighted by Gasteiger charge is -2.17. The summed E-state index contributed by atoms with van der Waals surface area (Å²) in [5, 5.41) is 8.34. The van der Waals surface area contributed by atoms with Crippen molar-refractivity contribution in [1.82, 2.24) is 0 Å². The Labute approximate surface area is 98.5 Å². The van der Waals surface area contributed by atoms with Crippen LogP contribution in [0.25, 0.3) is 0 Å². The fraction of sp³-hybridized carbons (Fsp3) is 0.778. The summed E-state index contributed by atoms with van der Waals surface area (Å²) in [6, 6.07) is 0. The molecule has 0 saturated heterocycles. The van der Waals surface area contributed by atoms with E-state index in [9.17, 15) is 9.59 Å². The van der Waals surface area contributed by atoms with Crippen molar-refractivity contribution in [3.8, 4) is 0 Å². The predicted octanol–water partition coefficient (Wildman–Crippen LogP) is 2.72. The Balaban J connectivity index is 3.62. The Kier molecular flexibility index (Phi) is 6.68. The summed E-state index contributed by atoms with van der Waals surface area (Å²) >= 11 is 11.2. The topological polar surface area (TPSA) is 63.6 Å². The lowest BCUT2D eigenvalue weighted by Crippen LogP contribution is -2.21. The van der Waals surface area contributed by atoms with Crippen molar-refractivity contribution in [1.29, 1.82) is 0 Å². The number of hydrogen-bond donors (Lipinski definition) is 1. The van der Waals surface area contributed by atoms with E-state index in [-0.39, 0.29) is 12.8 Å². The van der Waals surface area contributed by atoms with Gasteiger partial charge in [-0.1, -0.05) is 30.1 Å². The highest BCUT2D eigenvalue weighted by molar-refractivity contribution is 6.47. The van der Waals surface area contributed by atoms with Gasteiger partial charge in [-0.05, 0) is 12.8 Å². The average molecular weight is 257 g/mol. The summed E-state index contributed by atoms with van der Waals surface area (Å²) in [4.78, 5) is 21.3. The number of esters is 1. The van der Waals surface area contributed by atoms with Gasteiger partial charge in [0.05, 0.1) is 0 Å². The van der Waals surface area contributed by atoms with E-state index in [0.29, 0.717) is 19.3 Å². The van der Waals surface area contributed by atoms with Gasteiger partial charge in [-0.25, -0.2) is 0 Å². The monoisotopic (exact) mass is 256 g/mol. The largest absolute Gasteiger partial charge is 0.481 e. The van der Waals surface area contributed by atoms with Crippen LogP contribution in [-0.2, 0) is 14.3 Å². The molecule has 4 nitrogen and oxygen atoms in total. The van der Waals surface area contributed by atoms with Crippen molar-refractivity contribution >= 4 is 35.1 Å². The van der Waals surface area contributed by atoms with Crippen LogP contribution in [0.3, 0.4) is 0 Å². The van der Waals surface area contributed by atoms with E-state index < -0.39 is 16.5 Å². The number of aliphatic carboxylic acids is 1. The van der Waals surface area contributed by atoms with Crippen LogP contribution < -0.4 is 0 Å². The fourth-order valence-corrected chi connectivity index (χ4v) is 1.01. The molecule has 0 radical (unpaired) electrons. The first-order chi connectivity index (χ1) is 6.87. The minimum absolute atomic E-state index is 0.0496. The van der Waals surface area contributed by atoms with Gasteiger partial charge in [0.25, 0.3) is 4.52 Å². The molecule has 0 aliphatic heterocycles. The van der Waals surface area contributed by atoms with Gasteiger partial charge in [-0.15, -0.1) is 0 Å². The van der Waals surface area contributed by atoms with Crippen LogP contribution in [0.15, 0.2) is 0 Å². The van der Waals surface area contributed by atoms with E-state index in [1.807, 2.05) is 0 Å². The standard InChI is InChI=1S/C9H14Cl2O4/c1-2-9(10,11)15-8(14)6-4-3-5-7(12)13/h2-6H2,1H3,(H,12,13). The zero-order valence-electron chi connectivity index (χ0n) is 8.46. The third-order valence-corrected chi connectivity index (χ3v) is 2.39. The molecule has 0 aliphatic carbocycles. The van der Waals surface area contributed by atoms with Gasteiger partial charge < -0.3 is 9.84 Å². The first-order valence-corrected chi connectivity index (χ1v) is 5.44. The molecule has 0 rings (SSSR count). The molecule has 0 spiro atoms. The van der Waals surface area contributed by atoms with E-state index in [0.717, 1.165) is 0 Å². The number of alkyl halides is 2. The highest BCUT2D eigenvalue weighted by Gasteiger charge is 2.25. The van der Waals surface area contributed by atoms with Crippen LogP contribution in [0.5, 0.6) is 0 Å². The third kappa shape index (κ3) is 8.51. The Hall–Kier alpha value is -0.480. The second kappa shape index (κ2) is 6.90. The quantitative estimate of drug-likeness (QED) is 0.432. The molecule has 0 saturated carbocycles. The summed E-state index contributed by atoms with van der Waals surface area (Å²) < 4.78 is 3.27. The Morgan fingerprint density at radius 3 is 2.27 bits per heavy atom. The fourth-order valence-electron chi connectivity index (χ4n) is 0.835. The van der Waals surface area contributed by atoms with Gasteiger partial charge in [0.1, 0.15) is 0 Å². The van der Waals surface area contributed by atoms with Crippen LogP contribution in [0.2, 0.25) is 0 Å². The SMILES string of the molecule is CCC(Cl)(Cl)OC(=O)CCCCC(=O)O. The van der Waals surface area contributed by atoms with Crippen molar-refractivity contribution in [2.45, 2.75) is 43.5 Å². The number of halogens is 2. The zero-order valence-corrected chi connectivity index (χ0v) is 9.98. The number of carboxylic acid groups (broad SMARTS) is 1. The van der Waals surface area contributed by atoms with E-state index in [1.54, 1.807) is 6.92 Å².